The number of hydrogen-bond donors (Lipinski definition) is 3. The summed E-state index contributed by atoms with van der Waals surface area (Å²) in [5, 5.41) is 9.50. The molecule has 3 aromatic rings. The Morgan fingerprint density at radius 2 is 1.83 bits per heavy atom. The zero-order valence-corrected chi connectivity index (χ0v) is 28.3. The van der Waals surface area contributed by atoms with Gasteiger partial charge in [-0.1, -0.05) is 50.2 Å². The summed E-state index contributed by atoms with van der Waals surface area (Å²) in [4.78, 5) is 42.6. The number of carbonyl (C=O) groups is 2. The number of carbonyl (C=O) groups excluding carboxylic acids is 2. The molecular formula is C36H49N7O4. The molecule has 1 atom stereocenters. The van der Waals surface area contributed by atoms with Crippen molar-refractivity contribution >= 4 is 29.5 Å². The molecule has 0 saturated carbocycles. The van der Waals surface area contributed by atoms with Crippen LogP contribution in [-0.2, 0) is 33.7 Å². The lowest BCUT2D eigenvalue weighted by Crippen LogP contribution is -2.48. The first-order valence-corrected chi connectivity index (χ1v) is 16.8. The van der Waals surface area contributed by atoms with Crippen LogP contribution >= 0.6 is 0 Å². The number of pyridine rings is 1. The largest absolute Gasteiger partial charge is 0.458 e. The van der Waals surface area contributed by atoms with Crippen molar-refractivity contribution < 1.29 is 19.1 Å². The Hall–Kier alpha value is -4.41. The fraction of sp³-hybridized carbons (Fsp3) is 0.528. The topological polar surface area (TPSA) is 131 Å². The van der Waals surface area contributed by atoms with Crippen molar-refractivity contribution in [1.82, 2.24) is 20.3 Å². The van der Waals surface area contributed by atoms with Crippen molar-refractivity contribution in [2.75, 3.05) is 41.7 Å². The summed E-state index contributed by atoms with van der Waals surface area (Å²) >= 11 is 0. The Morgan fingerprint density at radius 1 is 1.06 bits per heavy atom. The predicted molar refractivity (Wildman–Crippen MR) is 184 cm³/mol. The van der Waals surface area contributed by atoms with Crippen LogP contribution in [0.15, 0.2) is 48.8 Å². The van der Waals surface area contributed by atoms with Gasteiger partial charge in [0, 0.05) is 43.4 Å². The molecule has 1 amide bonds. The zero-order chi connectivity index (χ0) is 33.4. The molecule has 2 aromatic heterocycles. The van der Waals surface area contributed by atoms with E-state index in [1.807, 2.05) is 30.3 Å². The monoisotopic (exact) mass is 643 g/mol. The molecule has 0 radical (unpaired) electrons. The number of esters is 1. The van der Waals surface area contributed by atoms with E-state index in [4.69, 9.17) is 19.4 Å². The molecule has 2 aliphatic rings. The van der Waals surface area contributed by atoms with Crippen LogP contribution in [0.5, 0.6) is 0 Å². The normalized spacial score (nSPS) is 15.7. The average Bonchev–Trinajstić information content (AvgIpc) is 3.05. The fourth-order valence-electron chi connectivity index (χ4n) is 6.05. The molecule has 1 aromatic carbocycles. The number of nitrogens with zero attached hydrogens (tertiary/aromatic N) is 4. The molecule has 11 heteroatoms. The molecular weight excluding hydrogens is 594 g/mol. The Morgan fingerprint density at radius 3 is 2.55 bits per heavy atom. The Balaban J connectivity index is 1.27. The maximum absolute atomic E-state index is 13.2. The Bertz CT molecular complexity index is 1500. The van der Waals surface area contributed by atoms with Crippen LogP contribution in [0.4, 0.5) is 22.2 Å². The summed E-state index contributed by atoms with van der Waals surface area (Å²) in [7, 11) is 0. The summed E-state index contributed by atoms with van der Waals surface area (Å²) in [6.45, 7) is 12.6. The van der Waals surface area contributed by atoms with Gasteiger partial charge in [-0.2, -0.15) is 0 Å². The number of ether oxygens (including phenoxy) is 2. The zero-order valence-electron chi connectivity index (χ0n) is 28.3. The number of aromatic nitrogens is 3. The highest BCUT2D eigenvalue weighted by molar-refractivity contribution is 5.82. The molecule has 2 aliphatic heterocycles. The van der Waals surface area contributed by atoms with E-state index in [9.17, 15) is 9.59 Å². The van der Waals surface area contributed by atoms with E-state index in [-0.39, 0.29) is 13.2 Å². The van der Waals surface area contributed by atoms with Gasteiger partial charge in [-0.05, 0) is 76.0 Å². The standard InChI is InChI=1S/C36H49N7O4/c1-24(2)20-28-32(38-21-30(34(44)47-36(3,4)5)42-35(45)46-22-25-10-7-6-8-11-25)39-23-40-33(28)43-18-15-26(16-19-43)29-14-13-27-12-9-17-37-31(27)41-29/h6-8,10-11,13-14,23-24,26,30H,9,12,15-22H2,1-5H3,(H,37,41)(H,42,45)(H,38,39,40). The first-order valence-electron chi connectivity index (χ1n) is 16.8. The lowest BCUT2D eigenvalue weighted by Gasteiger charge is -2.34. The molecule has 3 N–H and O–H groups in total. The highest BCUT2D eigenvalue weighted by Gasteiger charge is 2.30. The van der Waals surface area contributed by atoms with Gasteiger partial charge in [0.2, 0.25) is 0 Å². The van der Waals surface area contributed by atoms with Crippen LogP contribution in [0.1, 0.15) is 82.2 Å². The second-order valence-electron chi connectivity index (χ2n) is 13.8. The molecule has 0 spiro atoms. The first-order chi connectivity index (χ1) is 22.6. The van der Waals surface area contributed by atoms with Crippen molar-refractivity contribution in [2.24, 2.45) is 5.92 Å². The molecule has 5 rings (SSSR count). The van der Waals surface area contributed by atoms with E-state index in [0.717, 1.165) is 80.2 Å². The van der Waals surface area contributed by atoms with Crippen LogP contribution in [-0.4, -0.2) is 64.8 Å². The highest BCUT2D eigenvalue weighted by Crippen LogP contribution is 2.34. The number of fused-ring (bicyclic) bond motifs is 1. The minimum Gasteiger partial charge on any atom is -0.458 e. The van der Waals surface area contributed by atoms with Gasteiger partial charge < -0.3 is 30.3 Å². The molecule has 1 fully saturated rings. The number of aryl methyl sites for hydroxylation is 1. The second kappa shape index (κ2) is 15.5. The fourth-order valence-corrected chi connectivity index (χ4v) is 6.05. The van der Waals surface area contributed by atoms with Gasteiger partial charge in [-0.25, -0.2) is 24.5 Å². The van der Waals surface area contributed by atoms with E-state index in [1.165, 1.54) is 5.56 Å². The van der Waals surface area contributed by atoms with Gasteiger partial charge >= 0.3 is 12.1 Å². The minimum absolute atomic E-state index is 0.0665. The lowest BCUT2D eigenvalue weighted by molar-refractivity contribution is -0.156. The smallest absolute Gasteiger partial charge is 0.408 e. The third-order valence-electron chi connectivity index (χ3n) is 8.33. The third-order valence-corrected chi connectivity index (χ3v) is 8.33. The van der Waals surface area contributed by atoms with Gasteiger partial charge in [0.15, 0.2) is 0 Å². The number of rotatable bonds is 11. The van der Waals surface area contributed by atoms with E-state index in [1.54, 1.807) is 27.1 Å². The van der Waals surface area contributed by atoms with Crippen LogP contribution in [0.3, 0.4) is 0 Å². The van der Waals surface area contributed by atoms with Crippen LogP contribution in [0.2, 0.25) is 0 Å². The van der Waals surface area contributed by atoms with Crippen molar-refractivity contribution in [1.29, 1.82) is 0 Å². The Kier molecular flexibility index (Phi) is 11.2. The van der Waals surface area contributed by atoms with Crippen LogP contribution in [0.25, 0.3) is 0 Å². The highest BCUT2D eigenvalue weighted by atomic mass is 16.6. The second-order valence-corrected chi connectivity index (χ2v) is 13.8. The quantitative estimate of drug-likeness (QED) is 0.218. The maximum Gasteiger partial charge on any atom is 0.408 e. The van der Waals surface area contributed by atoms with Gasteiger partial charge in [0.05, 0.1) is 0 Å². The molecule has 11 nitrogen and oxygen atoms in total. The summed E-state index contributed by atoms with van der Waals surface area (Å²) in [5.74, 6) is 2.77. The van der Waals surface area contributed by atoms with Crippen molar-refractivity contribution in [3.8, 4) is 0 Å². The summed E-state index contributed by atoms with van der Waals surface area (Å²) in [5.41, 5.74) is 3.58. The molecule has 0 bridgehead atoms. The maximum atomic E-state index is 13.2. The van der Waals surface area contributed by atoms with Crippen molar-refractivity contribution in [3.05, 3.63) is 71.2 Å². The number of nitrogens with one attached hydrogen (secondary N) is 3. The van der Waals surface area contributed by atoms with Crippen LogP contribution in [0, 0.1) is 5.92 Å². The minimum atomic E-state index is -1.00. The Labute approximate surface area is 278 Å². The molecule has 47 heavy (non-hydrogen) atoms. The lowest BCUT2D eigenvalue weighted by atomic mass is 9.91. The SMILES string of the molecule is CC(C)Cc1c(NCC(NC(=O)OCc2ccccc2)C(=O)OC(C)(C)C)ncnc1N1CCC(c2ccc3c(n2)NCCC3)CC1. The number of anilines is 3. The van der Waals surface area contributed by atoms with Crippen molar-refractivity contribution in [2.45, 2.75) is 90.9 Å². The summed E-state index contributed by atoms with van der Waals surface area (Å²) < 4.78 is 11.1. The number of alkyl carbamates (subject to hydrolysis) is 1. The molecule has 1 unspecified atom stereocenters. The van der Waals surface area contributed by atoms with E-state index in [2.05, 4.69) is 51.8 Å². The summed E-state index contributed by atoms with van der Waals surface area (Å²) in [6, 6.07) is 12.8. The van der Waals surface area contributed by atoms with Crippen LogP contribution < -0.4 is 20.9 Å². The van der Waals surface area contributed by atoms with E-state index < -0.39 is 23.7 Å². The number of piperidine rings is 1. The molecule has 1 saturated heterocycles. The van der Waals surface area contributed by atoms with E-state index in [0.29, 0.717) is 17.7 Å². The third kappa shape index (κ3) is 9.56. The molecule has 0 aliphatic carbocycles. The van der Waals surface area contributed by atoms with Gasteiger partial charge in [0.1, 0.15) is 42.0 Å². The first kappa shape index (κ1) is 33.9. The number of benzene rings is 1. The summed E-state index contributed by atoms with van der Waals surface area (Å²) in [6.07, 6.45) is 5.81. The van der Waals surface area contributed by atoms with Gasteiger partial charge in [0.25, 0.3) is 0 Å². The van der Waals surface area contributed by atoms with E-state index >= 15 is 0 Å². The predicted octanol–water partition coefficient (Wildman–Crippen LogP) is 5.86. The molecule has 4 heterocycles. The number of hydrogen-bond acceptors (Lipinski definition) is 10. The van der Waals surface area contributed by atoms with Gasteiger partial charge in [-0.3, -0.25) is 0 Å². The molecule has 252 valence electrons. The van der Waals surface area contributed by atoms with Crippen molar-refractivity contribution in [3.63, 3.8) is 0 Å². The number of amides is 1. The average molecular weight is 644 g/mol. The van der Waals surface area contributed by atoms with Gasteiger partial charge in [-0.15, -0.1) is 0 Å².